The van der Waals surface area contributed by atoms with Crippen LogP contribution in [0.1, 0.15) is 18.9 Å². The van der Waals surface area contributed by atoms with Crippen LogP contribution in [0, 0.1) is 5.92 Å². The maximum Gasteiger partial charge on any atom is 0.224 e. The third kappa shape index (κ3) is 3.22. The lowest BCUT2D eigenvalue weighted by Crippen LogP contribution is -2.19. The van der Waals surface area contributed by atoms with E-state index >= 15 is 0 Å². The normalized spacial score (nSPS) is 16.0. The lowest BCUT2D eigenvalue weighted by atomic mass is 10.0. The zero-order valence-corrected chi connectivity index (χ0v) is 11.4. The molecule has 1 atom stereocenters. The van der Waals surface area contributed by atoms with Gasteiger partial charge in [0.25, 0.3) is 0 Å². The second kappa shape index (κ2) is 5.54. The van der Waals surface area contributed by atoms with E-state index < -0.39 is 0 Å². The van der Waals surface area contributed by atoms with Crippen LogP contribution in [-0.2, 0) is 11.2 Å². The molecule has 1 unspecified atom stereocenters. The molecule has 0 spiro atoms. The number of hydrogen-bond donors (Lipinski definition) is 1. The van der Waals surface area contributed by atoms with Crippen LogP contribution >= 0.6 is 15.9 Å². The fourth-order valence-electron chi connectivity index (χ4n) is 1.72. The monoisotopic (exact) mass is 297 g/mol. The van der Waals surface area contributed by atoms with Gasteiger partial charge in [-0.3, -0.25) is 4.79 Å². The third-order valence-electron chi connectivity index (χ3n) is 2.77. The first kappa shape index (κ1) is 12.4. The molecule has 0 aliphatic carbocycles. The van der Waals surface area contributed by atoms with E-state index in [9.17, 15) is 4.79 Å². The minimum atomic E-state index is 0.0866. The average Bonchev–Trinajstić information content (AvgIpc) is 2.35. The van der Waals surface area contributed by atoms with Crippen molar-refractivity contribution in [3.8, 4) is 5.75 Å². The first-order valence-electron chi connectivity index (χ1n) is 5.80. The number of hydrogen-bond acceptors (Lipinski definition) is 2. The second-order valence-corrected chi connectivity index (χ2v) is 5.09. The van der Waals surface area contributed by atoms with E-state index in [4.69, 9.17) is 4.74 Å². The fraction of sp³-hybridized carbons (Fsp3) is 0.462. The van der Waals surface area contributed by atoms with Crippen molar-refractivity contribution in [1.82, 2.24) is 0 Å². The highest BCUT2D eigenvalue weighted by atomic mass is 79.9. The molecule has 1 aliphatic heterocycles. The molecule has 1 aliphatic rings. The zero-order chi connectivity index (χ0) is 12.3. The molecule has 17 heavy (non-hydrogen) atoms. The van der Waals surface area contributed by atoms with Gasteiger partial charge in [0, 0.05) is 23.5 Å². The van der Waals surface area contributed by atoms with Crippen molar-refractivity contribution in [2.24, 2.45) is 5.92 Å². The van der Waals surface area contributed by atoms with Gasteiger partial charge in [0.15, 0.2) is 0 Å². The predicted molar refractivity (Wildman–Crippen MR) is 71.8 cm³/mol. The second-order valence-electron chi connectivity index (χ2n) is 4.44. The molecule has 1 N–H and O–H groups in total. The third-order valence-corrected chi connectivity index (χ3v) is 3.88. The molecule has 92 valence electrons. The largest absolute Gasteiger partial charge is 0.493 e. The fourth-order valence-corrected chi connectivity index (χ4v) is 1.91. The van der Waals surface area contributed by atoms with Crippen molar-refractivity contribution in [1.29, 1.82) is 0 Å². The highest BCUT2D eigenvalue weighted by Crippen LogP contribution is 2.27. The van der Waals surface area contributed by atoms with E-state index in [-0.39, 0.29) is 5.91 Å². The number of fused-ring (bicyclic) bond motifs is 1. The summed E-state index contributed by atoms with van der Waals surface area (Å²) in [7, 11) is 0. The summed E-state index contributed by atoms with van der Waals surface area (Å²) in [6.45, 7) is 2.80. The lowest BCUT2D eigenvalue weighted by molar-refractivity contribution is -0.116. The molecule has 2 rings (SSSR count). The molecule has 0 bridgehead atoms. The summed E-state index contributed by atoms with van der Waals surface area (Å²) >= 11 is 3.42. The SMILES string of the molecule is CC(CBr)COc1ccc2c(c1)NC(=O)CC2. The van der Waals surface area contributed by atoms with Gasteiger partial charge in [0.05, 0.1) is 6.61 Å². The molecule has 1 amide bonds. The Morgan fingerprint density at radius 1 is 1.47 bits per heavy atom. The standard InChI is InChI=1S/C13H16BrNO2/c1-9(7-14)8-17-11-4-2-10-3-5-13(16)15-12(10)6-11/h2,4,6,9H,3,5,7-8H2,1H3,(H,15,16). The summed E-state index contributed by atoms with van der Waals surface area (Å²) in [5.41, 5.74) is 2.08. The minimum Gasteiger partial charge on any atom is -0.493 e. The summed E-state index contributed by atoms with van der Waals surface area (Å²) in [6, 6.07) is 5.91. The Morgan fingerprint density at radius 2 is 2.29 bits per heavy atom. The van der Waals surface area contributed by atoms with Crippen LogP contribution in [0.25, 0.3) is 0 Å². The number of alkyl halides is 1. The lowest BCUT2D eigenvalue weighted by Gasteiger charge is -2.18. The van der Waals surface area contributed by atoms with Crippen molar-refractivity contribution >= 4 is 27.5 Å². The summed E-state index contributed by atoms with van der Waals surface area (Å²) in [5, 5.41) is 3.80. The molecule has 0 fully saturated rings. The summed E-state index contributed by atoms with van der Waals surface area (Å²) in [5.74, 6) is 1.38. The number of rotatable bonds is 4. The number of aryl methyl sites for hydroxylation is 1. The first-order valence-corrected chi connectivity index (χ1v) is 6.92. The highest BCUT2D eigenvalue weighted by molar-refractivity contribution is 9.09. The Kier molecular flexibility index (Phi) is 4.05. The first-order chi connectivity index (χ1) is 8.19. The Labute approximate surface area is 110 Å². The Hall–Kier alpha value is -1.03. The van der Waals surface area contributed by atoms with Crippen LogP contribution < -0.4 is 10.1 Å². The number of anilines is 1. The van der Waals surface area contributed by atoms with E-state index in [1.165, 1.54) is 5.56 Å². The number of ether oxygens (including phenoxy) is 1. The van der Waals surface area contributed by atoms with Gasteiger partial charge in [-0.2, -0.15) is 0 Å². The van der Waals surface area contributed by atoms with Crippen LogP contribution in [0.5, 0.6) is 5.75 Å². The molecule has 0 saturated heterocycles. The van der Waals surface area contributed by atoms with E-state index in [0.29, 0.717) is 18.9 Å². The number of amides is 1. The highest BCUT2D eigenvalue weighted by Gasteiger charge is 2.15. The summed E-state index contributed by atoms with van der Waals surface area (Å²) < 4.78 is 5.68. The van der Waals surface area contributed by atoms with Crippen molar-refractivity contribution in [3.63, 3.8) is 0 Å². The number of halogens is 1. The van der Waals surface area contributed by atoms with Gasteiger partial charge in [-0.15, -0.1) is 0 Å². The Morgan fingerprint density at radius 3 is 3.06 bits per heavy atom. The number of carbonyl (C=O) groups is 1. The van der Waals surface area contributed by atoms with E-state index in [1.54, 1.807) is 0 Å². The van der Waals surface area contributed by atoms with Crippen LogP contribution in [-0.4, -0.2) is 17.8 Å². The number of benzene rings is 1. The van der Waals surface area contributed by atoms with E-state index in [1.807, 2.05) is 18.2 Å². The van der Waals surface area contributed by atoms with E-state index in [2.05, 4.69) is 28.2 Å². The topological polar surface area (TPSA) is 38.3 Å². The maximum absolute atomic E-state index is 11.3. The van der Waals surface area contributed by atoms with Crippen LogP contribution in [0.2, 0.25) is 0 Å². The van der Waals surface area contributed by atoms with Crippen molar-refractivity contribution < 1.29 is 9.53 Å². The molecule has 4 heteroatoms. The van der Waals surface area contributed by atoms with Gasteiger partial charge in [0.2, 0.25) is 5.91 Å². The molecule has 3 nitrogen and oxygen atoms in total. The number of carbonyl (C=O) groups excluding carboxylic acids is 1. The number of nitrogens with one attached hydrogen (secondary N) is 1. The molecular formula is C13H16BrNO2. The average molecular weight is 298 g/mol. The molecule has 0 saturated carbocycles. The van der Waals surface area contributed by atoms with Crippen LogP contribution in [0.3, 0.4) is 0 Å². The molecule has 0 aromatic heterocycles. The quantitative estimate of drug-likeness (QED) is 0.868. The van der Waals surface area contributed by atoms with Crippen molar-refractivity contribution in [3.05, 3.63) is 23.8 Å². The minimum absolute atomic E-state index is 0.0866. The van der Waals surface area contributed by atoms with Crippen molar-refractivity contribution in [2.45, 2.75) is 19.8 Å². The molecule has 0 radical (unpaired) electrons. The molecular weight excluding hydrogens is 282 g/mol. The van der Waals surface area contributed by atoms with Gasteiger partial charge < -0.3 is 10.1 Å². The molecule has 1 heterocycles. The van der Waals surface area contributed by atoms with Gasteiger partial charge in [0.1, 0.15) is 5.75 Å². The molecule has 1 aromatic rings. The van der Waals surface area contributed by atoms with Gasteiger partial charge in [-0.1, -0.05) is 28.9 Å². The summed E-state index contributed by atoms with van der Waals surface area (Å²) in [4.78, 5) is 11.3. The van der Waals surface area contributed by atoms with E-state index in [0.717, 1.165) is 23.2 Å². The van der Waals surface area contributed by atoms with Gasteiger partial charge >= 0.3 is 0 Å². The smallest absolute Gasteiger partial charge is 0.224 e. The van der Waals surface area contributed by atoms with Crippen LogP contribution in [0.4, 0.5) is 5.69 Å². The maximum atomic E-state index is 11.3. The molecule has 1 aromatic carbocycles. The zero-order valence-electron chi connectivity index (χ0n) is 9.83. The van der Waals surface area contributed by atoms with Crippen molar-refractivity contribution in [2.75, 3.05) is 17.3 Å². The Bertz CT molecular complexity index is 420. The van der Waals surface area contributed by atoms with Gasteiger partial charge in [-0.25, -0.2) is 0 Å². The van der Waals surface area contributed by atoms with Gasteiger partial charge in [-0.05, 0) is 24.0 Å². The Balaban J connectivity index is 2.05. The van der Waals surface area contributed by atoms with Crippen LogP contribution in [0.15, 0.2) is 18.2 Å². The predicted octanol–water partition coefficient (Wildman–Crippen LogP) is 2.98. The summed E-state index contributed by atoms with van der Waals surface area (Å²) in [6.07, 6.45) is 1.40.